The van der Waals surface area contributed by atoms with Crippen LogP contribution in [0.15, 0.2) is 18.2 Å². The van der Waals surface area contributed by atoms with E-state index in [1.165, 1.54) is 6.42 Å². The van der Waals surface area contributed by atoms with Crippen molar-refractivity contribution in [3.63, 3.8) is 0 Å². The molecule has 0 aliphatic heterocycles. The summed E-state index contributed by atoms with van der Waals surface area (Å²) in [6.07, 6.45) is 4.29. The second-order valence-electron chi connectivity index (χ2n) is 5.00. The van der Waals surface area contributed by atoms with Gasteiger partial charge < -0.3 is 5.32 Å². The predicted molar refractivity (Wildman–Crippen MR) is 65.2 cm³/mol. The van der Waals surface area contributed by atoms with Crippen LogP contribution in [-0.4, -0.2) is 11.9 Å². The average molecular weight is 253 g/mol. The molecule has 2 atom stereocenters. The monoisotopic (exact) mass is 253 g/mol. The Balaban J connectivity index is 2.06. The molecule has 0 aromatic heterocycles. The molecule has 1 aliphatic carbocycles. The fraction of sp³-hybridized carbons (Fsp3) is 0.500. The first kappa shape index (κ1) is 13.0. The molecule has 0 saturated heterocycles. The van der Waals surface area contributed by atoms with Gasteiger partial charge in [-0.05, 0) is 30.9 Å². The first-order valence-electron chi connectivity index (χ1n) is 6.33. The third-order valence-corrected chi connectivity index (χ3v) is 3.55. The molecular weight excluding hydrogens is 236 g/mol. The summed E-state index contributed by atoms with van der Waals surface area (Å²) in [7, 11) is 0. The normalized spacial score (nSPS) is 23.7. The van der Waals surface area contributed by atoms with E-state index in [0.717, 1.165) is 37.5 Å². The van der Waals surface area contributed by atoms with Crippen LogP contribution >= 0.6 is 0 Å². The molecule has 0 radical (unpaired) electrons. The van der Waals surface area contributed by atoms with Gasteiger partial charge in [-0.2, -0.15) is 0 Å². The average Bonchev–Trinajstić information content (AvgIpc) is 2.31. The maximum Gasteiger partial charge on any atom is 0.251 e. The van der Waals surface area contributed by atoms with Crippen molar-refractivity contribution in [2.24, 2.45) is 5.92 Å². The smallest absolute Gasteiger partial charge is 0.251 e. The molecule has 0 spiro atoms. The summed E-state index contributed by atoms with van der Waals surface area (Å²) < 4.78 is 26.0. The van der Waals surface area contributed by atoms with Crippen molar-refractivity contribution in [3.05, 3.63) is 35.4 Å². The largest absolute Gasteiger partial charge is 0.349 e. The predicted octanol–water partition coefficient (Wildman–Crippen LogP) is 3.27. The highest BCUT2D eigenvalue weighted by Gasteiger charge is 2.23. The van der Waals surface area contributed by atoms with Crippen molar-refractivity contribution in [1.82, 2.24) is 5.32 Å². The molecule has 1 aliphatic rings. The number of nitrogens with one attached hydrogen (secondary N) is 1. The van der Waals surface area contributed by atoms with Gasteiger partial charge in [-0.3, -0.25) is 4.79 Å². The lowest BCUT2D eigenvalue weighted by atomic mass is 9.86. The summed E-state index contributed by atoms with van der Waals surface area (Å²) in [5.41, 5.74) is 0.0465. The van der Waals surface area contributed by atoms with Crippen molar-refractivity contribution >= 4 is 5.91 Å². The van der Waals surface area contributed by atoms with E-state index >= 15 is 0 Å². The number of rotatable bonds is 2. The zero-order valence-corrected chi connectivity index (χ0v) is 10.4. The minimum Gasteiger partial charge on any atom is -0.349 e. The van der Waals surface area contributed by atoms with Crippen LogP contribution in [0.3, 0.4) is 0 Å². The number of benzene rings is 1. The zero-order chi connectivity index (χ0) is 13.1. The van der Waals surface area contributed by atoms with E-state index in [1.807, 2.05) is 0 Å². The summed E-state index contributed by atoms with van der Waals surface area (Å²) in [6.45, 7) is 2.09. The first-order chi connectivity index (χ1) is 8.56. The van der Waals surface area contributed by atoms with Gasteiger partial charge in [-0.1, -0.05) is 19.8 Å². The Morgan fingerprint density at radius 2 is 1.78 bits per heavy atom. The van der Waals surface area contributed by atoms with Gasteiger partial charge in [0.15, 0.2) is 0 Å². The van der Waals surface area contributed by atoms with Crippen LogP contribution < -0.4 is 5.32 Å². The third-order valence-electron chi connectivity index (χ3n) is 3.55. The molecule has 1 saturated carbocycles. The summed E-state index contributed by atoms with van der Waals surface area (Å²) in [4.78, 5) is 11.9. The number of hydrogen-bond acceptors (Lipinski definition) is 1. The molecule has 18 heavy (non-hydrogen) atoms. The fourth-order valence-electron chi connectivity index (χ4n) is 2.47. The van der Waals surface area contributed by atoms with Crippen LogP contribution in [0.4, 0.5) is 8.78 Å². The lowest BCUT2D eigenvalue weighted by Gasteiger charge is -2.29. The molecule has 1 N–H and O–H groups in total. The summed E-state index contributed by atoms with van der Waals surface area (Å²) >= 11 is 0. The van der Waals surface area contributed by atoms with Crippen LogP contribution in [0.1, 0.15) is 43.0 Å². The maximum absolute atomic E-state index is 13.0. The zero-order valence-electron chi connectivity index (χ0n) is 10.4. The second-order valence-corrected chi connectivity index (χ2v) is 5.00. The molecule has 1 aromatic carbocycles. The van der Waals surface area contributed by atoms with Gasteiger partial charge >= 0.3 is 0 Å². The molecule has 1 amide bonds. The minimum absolute atomic E-state index is 0.0465. The number of hydrogen-bond donors (Lipinski definition) is 1. The Hall–Kier alpha value is -1.45. The van der Waals surface area contributed by atoms with Crippen LogP contribution in [0.5, 0.6) is 0 Å². The summed E-state index contributed by atoms with van der Waals surface area (Å²) in [6, 6.07) is 3.00. The van der Waals surface area contributed by atoms with Gasteiger partial charge in [0.1, 0.15) is 11.6 Å². The summed E-state index contributed by atoms with van der Waals surface area (Å²) in [5.74, 6) is -1.43. The van der Waals surface area contributed by atoms with Crippen molar-refractivity contribution in [1.29, 1.82) is 0 Å². The Morgan fingerprint density at radius 3 is 2.39 bits per heavy atom. The quantitative estimate of drug-likeness (QED) is 0.861. The highest BCUT2D eigenvalue weighted by atomic mass is 19.1. The topological polar surface area (TPSA) is 29.1 Å². The highest BCUT2D eigenvalue weighted by molar-refractivity contribution is 5.94. The molecular formula is C14H17F2NO. The molecule has 4 heteroatoms. The van der Waals surface area contributed by atoms with E-state index in [0.29, 0.717) is 5.92 Å². The fourth-order valence-corrected chi connectivity index (χ4v) is 2.47. The third kappa shape index (κ3) is 3.06. The van der Waals surface area contributed by atoms with Crippen molar-refractivity contribution < 1.29 is 13.6 Å². The highest BCUT2D eigenvalue weighted by Crippen LogP contribution is 2.24. The van der Waals surface area contributed by atoms with E-state index in [1.54, 1.807) is 0 Å². The Kier molecular flexibility index (Phi) is 3.94. The minimum atomic E-state index is -0.725. The number of amides is 1. The van der Waals surface area contributed by atoms with Gasteiger partial charge in [0.2, 0.25) is 0 Å². The van der Waals surface area contributed by atoms with Crippen molar-refractivity contribution in [3.8, 4) is 0 Å². The van der Waals surface area contributed by atoms with E-state index < -0.39 is 17.5 Å². The van der Waals surface area contributed by atoms with Gasteiger partial charge in [0.05, 0.1) is 0 Å². The van der Waals surface area contributed by atoms with Crippen LogP contribution in [0.25, 0.3) is 0 Å². The SMILES string of the molecule is C[C@H]1CCCC[C@@H]1NC(=O)c1cc(F)cc(F)c1. The number of halogens is 2. The Morgan fingerprint density at radius 1 is 1.17 bits per heavy atom. The van der Waals surface area contributed by atoms with Gasteiger partial charge in [-0.25, -0.2) is 8.78 Å². The molecule has 98 valence electrons. The maximum atomic E-state index is 13.0. The van der Waals surface area contributed by atoms with Gasteiger partial charge in [0, 0.05) is 17.7 Å². The van der Waals surface area contributed by atoms with Crippen LogP contribution in [-0.2, 0) is 0 Å². The van der Waals surface area contributed by atoms with E-state index in [2.05, 4.69) is 12.2 Å². The molecule has 0 heterocycles. The lowest BCUT2D eigenvalue weighted by Crippen LogP contribution is -2.41. The Labute approximate surface area is 105 Å². The second kappa shape index (κ2) is 5.46. The number of carbonyl (C=O) groups is 1. The molecule has 2 rings (SSSR count). The lowest BCUT2D eigenvalue weighted by molar-refractivity contribution is 0.0909. The van der Waals surface area contributed by atoms with Crippen LogP contribution in [0, 0.1) is 17.6 Å². The van der Waals surface area contributed by atoms with Crippen molar-refractivity contribution in [2.75, 3.05) is 0 Å². The van der Waals surface area contributed by atoms with Gasteiger partial charge in [-0.15, -0.1) is 0 Å². The van der Waals surface area contributed by atoms with Crippen LogP contribution in [0.2, 0.25) is 0 Å². The number of carbonyl (C=O) groups excluding carboxylic acids is 1. The molecule has 0 unspecified atom stereocenters. The van der Waals surface area contributed by atoms with Crippen molar-refractivity contribution in [2.45, 2.75) is 38.6 Å². The molecule has 1 aromatic rings. The standard InChI is InChI=1S/C14H17F2NO/c1-9-4-2-3-5-13(9)17-14(18)10-6-11(15)8-12(16)7-10/h6-9,13H,2-5H2,1H3,(H,17,18)/t9-,13-/m0/s1. The molecule has 0 bridgehead atoms. The molecule has 1 fully saturated rings. The Bertz CT molecular complexity index is 427. The molecule has 2 nitrogen and oxygen atoms in total. The van der Waals surface area contributed by atoms with E-state index in [9.17, 15) is 13.6 Å². The summed E-state index contributed by atoms with van der Waals surface area (Å²) in [5, 5.41) is 2.87. The first-order valence-corrected chi connectivity index (χ1v) is 6.33. The van der Waals surface area contributed by atoms with E-state index in [-0.39, 0.29) is 11.6 Å². The van der Waals surface area contributed by atoms with Gasteiger partial charge in [0.25, 0.3) is 5.91 Å². The van der Waals surface area contributed by atoms with E-state index in [4.69, 9.17) is 0 Å².